The van der Waals surface area contributed by atoms with Crippen LogP contribution in [0.4, 0.5) is 0 Å². The van der Waals surface area contributed by atoms with E-state index in [0.29, 0.717) is 0 Å². The minimum atomic E-state index is -3.16. The van der Waals surface area contributed by atoms with Crippen LogP contribution in [0.3, 0.4) is 0 Å². The SMILES string of the molecule is [2H]c1c[nH]c(S(C)(=O)=O)c1. The summed E-state index contributed by atoms with van der Waals surface area (Å²) < 4.78 is 28.5. The van der Waals surface area contributed by atoms with Crippen LogP contribution in [-0.2, 0) is 9.84 Å². The molecule has 0 radical (unpaired) electrons. The largest absolute Gasteiger partial charge is 0.352 e. The van der Waals surface area contributed by atoms with Gasteiger partial charge in [0, 0.05) is 12.5 Å². The zero-order valence-electron chi connectivity index (χ0n) is 5.88. The van der Waals surface area contributed by atoms with Crippen LogP contribution >= 0.6 is 0 Å². The van der Waals surface area contributed by atoms with E-state index >= 15 is 0 Å². The predicted molar refractivity (Wildman–Crippen MR) is 33.9 cm³/mol. The normalized spacial score (nSPS) is 13.2. The summed E-state index contributed by atoms with van der Waals surface area (Å²) in [7, 11) is -3.16. The van der Waals surface area contributed by atoms with Crippen LogP contribution in [0.2, 0.25) is 0 Å². The Balaban J connectivity index is 3.21. The van der Waals surface area contributed by atoms with Crippen molar-refractivity contribution < 1.29 is 9.79 Å². The fourth-order valence-electron chi connectivity index (χ4n) is 0.486. The summed E-state index contributed by atoms with van der Waals surface area (Å²) in [6.45, 7) is 0. The van der Waals surface area contributed by atoms with Gasteiger partial charge in [0.25, 0.3) is 0 Å². The van der Waals surface area contributed by atoms with Crippen molar-refractivity contribution in [2.75, 3.05) is 6.26 Å². The summed E-state index contributed by atoms with van der Waals surface area (Å²) in [6, 6.07) is 1.45. The fraction of sp³-hybridized carbons (Fsp3) is 0.200. The summed E-state index contributed by atoms with van der Waals surface area (Å²) in [5.41, 5.74) is 0. The molecule has 1 rings (SSSR count). The van der Waals surface area contributed by atoms with Crippen molar-refractivity contribution in [1.82, 2.24) is 4.98 Å². The highest BCUT2D eigenvalue weighted by Crippen LogP contribution is 2.01. The Morgan fingerprint density at radius 2 is 2.44 bits per heavy atom. The van der Waals surface area contributed by atoms with Crippen molar-refractivity contribution in [3.8, 4) is 0 Å². The molecular weight excluding hydrogens is 138 g/mol. The van der Waals surface area contributed by atoms with E-state index in [1.54, 1.807) is 0 Å². The van der Waals surface area contributed by atoms with E-state index in [1.165, 1.54) is 12.3 Å². The van der Waals surface area contributed by atoms with Crippen LogP contribution in [0.25, 0.3) is 0 Å². The predicted octanol–water partition coefficient (Wildman–Crippen LogP) is 0.418. The smallest absolute Gasteiger partial charge is 0.190 e. The molecule has 0 aromatic carbocycles. The molecule has 1 aromatic heterocycles. The first-order chi connectivity index (χ1) is 4.50. The van der Waals surface area contributed by atoms with Crippen LogP contribution in [0, 0.1) is 0 Å². The van der Waals surface area contributed by atoms with Crippen molar-refractivity contribution in [3.63, 3.8) is 0 Å². The van der Waals surface area contributed by atoms with Gasteiger partial charge in [-0.3, -0.25) is 0 Å². The van der Waals surface area contributed by atoms with Crippen LogP contribution in [0.5, 0.6) is 0 Å². The summed E-state index contributed by atoms with van der Waals surface area (Å²) >= 11 is 0. The maximum atomic E-state index is 10.7. The van der Waals surface area contributed by atoms with Gasteiger partial charge in [0.1, 0.15) is 5.03 Å². The Kier molecular flexibility index (Phi) is 1.05. The lowest BCUT2D eigenvalue weighted by molar-refractivity contribution is 0.599. The monoisotopic (exact) mass is 146 g/mol. The van der Waals surface area contributed by atoms with Gasteiger partial charge < -0.3 is 4.98 Å². The van der Waals surface area contributed by atoms with Gasteiger partial charge in [-0.2, -0.15) is 0 Å². The number of hydrogen-bond donors (Lipinski definition) is 1. The molecule has 0 fully saturated rings. The summed E-state index contributed by atoms with van der Waals surface area (Å²) in [5, 5.41) is 0.0949. The zero-order chi connectivity index (χ0) is 7.78. The maximum Gasteiger partial charge on any atom is 0.190 e. The van der Waals surface area contributed by atoms with E-state index in [1.807, 2.05) is 0 Å². The molecule has 0 spiro atoms. The number of sulfone groups is 1. The van der Waals surface area contributed by atoms with Crippen molar-refractivity contribution in [2.45, 2.75) is 5.03 Å². The van der Waals surface area contributed by atoms with Crippen molar-refractivity contribution in [3.05, 3.63) is 18.3 Å². The molecule has 3 nitrogen and oxygen atoms in total. The average Bonchev–Trinajstić information content (AvgIpc) is 2.11. The Morgan fingerprint density at radius 3 is 2.67 bits per heavy atom. The number of aromatic nitrogens is 1. The van der Waals surface area contributed by atoms with Gasteiger partial charge in [-0.05, 0) is 12.1 Å². The van der Waals surface area contributed by atoms with Gasteiger partial charge in [0.2, 0.25) is 0 Å². The van der Waals surface area contributed by atoms with Crippen LogP contribution in [0.15, 0.2) is 23.3 Å². The first-order valence-electron chi connectivity index (χ1n) is 2.85. The molecule has 1 aromatic rings. The van der Waals surface area contributed by atoms with Gasteiger partial charge in [-0.25, -0.2) is 8.42 Å². The van der Waals surface area contributed by atoms with Crippen molar-refractivity contribution >= 4 is 9.84 Å². The first-order valence-corrected chi connectivity index (χ1v) is 4.24. The number of aromatic amines is 1. The molecule has 4 heteroatoms. The highest BCUT2D eigenvalue weighted by atomic mass is 32.2. The standard InChI is InChI=1S/C5H7NO2S/c1-9(7,8)5-3-2-4-6-5/h2-4,6H,1H3/i2D. The molecule has 0 unspecified atom stereocenters. The molecule has 9 heavy (non-hydrogen) atoms. The van der Waals surface area contributed by atoms with E-state index in [-0.39, 0.29) is 11.1 Å². The van der Waals surface area contributed by atoms with Gasteiger partial charge in [0.05, 0.1) is 1.37 Å². The maximum absolute atomic E-state index is 10.7. The van der Waals surface area contributed by atoms with Gasteiger partial charge >= 0.3 is 0 Å². The minimum Gasteiger partial charge on any atom is -0.352 e. The molecule has 0 saturated heterocycles. The molecule has 0 amide bonds. The number of H-pyrrole nitrogens is 1. The second-order valence-corrected chi connectivity index (χ2v) is 3.72. The Morgan fingerprint density at radius 1 is 1.78 bits per heavy atom. The van der Waals surface area contributed by atoms with E-state index < -0.39 is 9.84 Å². The van der Waals surface area contributed by atoms with Crippen molar-refractivity contribution in [2.24, 2.45) is 0 Å². The molecule has 0 atom stereocenters. The zero-order valence-corrected chi connectivity index (χ0v) is 5.70. The van der Waals surface area contributed by atoms with Crippen LogP contribution < -0.4 is 0 Å². The lowest BCUT2D eigenvalue weighted by Crippen LogP contribution is -1.95. The topological polar surface area (TPSA) is 49.9 Å². The lowest BCUT2D eigenvalue weighted by Gasteiger charge is -1.87. The van der Waals surface area contributed by atoms with E-state index in [4.69, 9.17) is 1.37 Å². The van der Waals surface area contributed by atoms with E-state index in [9.17, 15) is 8.42 Å². The van der Waals surface area contributed by atoms with Gasteiger partial charge in [-0.1, -0.05) is 0 Å². The minimum absolute atomic E-state index is 0.0949. The average molecular weight is 146 g/mol. The summed E-state index contributed by atoms with van der Waals surface area (Å²) in [6.07, 6.45) is 2.43. The molecule has 50 valence electrons. The van der Waals surface area contributed by atoms with Crippen LogP contribution in [0.1, 0.15) is 1.37 Å². The third kappa shape index (κ3) is 1.32. The Bertz CT molecular complexity index is 327. The Hall–Kier alpha value is -0.770. The highest BCUT2D eigenvalue weighted by molar-refractivity contribution is 7.90. The molecule has 0 bridgehead atoms. The summed E-state index contributed by atoms with van der Waals surface area (Å²) in [4.78, 5) is 2.47. The number of rotatable bonds is 1. The fourth-order valence-corrected chi connectivity index (χ4v) is 1.04. The quantitative estimate of drug-likeness (QED) is 0.624. The van der Waals surface area contributed by atoms with Crippen LogP contribution in [-0.4, -0.2) is 19.7 Å². The van der Waals surface area contributed by atoms with Crippen molar-refractivity contribution in [1.29, 1.82) is 0 Å². The molecule has 0 aliphatic rings. The number of nitrogens with one attached hydrogen (secondary N) is 1. The second kappa shape index (κ2) is 1.88. The first kappa shape index (κ1) is 5.05. The third-order valence-corrected chi connectivity index (χ3v) is 1.95. The highest BCUT2D eigenvalue weighted by Gasteiger charge is 2.04. The molecule has 1 heterocycles. The van der Waals surface area contributed by atoms with Gasteiger partial charge in [0.15, 0.2) is 9.84 Å². The molecule has 1 N–H and O–H groups in total. The number of hydrogen-bond acceptors (Lipinski definition) is 2. The van der Waals surface area contributed by atoms with Gasteiger partial charge in [-0.15, -0.1) is 0 Å². The molecule has 0 saturated carbocycles. The summed E-state index contributed by atoms with van der Waals surface area (Å²) in [5.74, 6) is 0. The Labute approximate surface area is 55.0 Å². The van der Waals surface area contributed by atoms with E-state index in [0.717, 1.165) is 6.26 Å². The molecular formula is C5H7NO2S. The van der Waals surface area contributed by atoms with E-state index in [2.05, 4.69) is 4.98 Å². The molecule has 0 aliphatic heterocycles. The second-order valence-electron chi connectivity index (χ2n) is 1.74. The third-order valence-electron chi connectivity index (χ3n) is 0.912. The lowest BCUT2D eigenvalue weighted by atomic mass is 10.7. The molecule has 0 aliphatic carbocycles.